The Kier molecular flexibility index (Phi) is 6.24. The molecule has 2 fully saturated rings. The van der Waals surface area contributed by atoms with Crippen LogP contribution in [0, 0.1) is 11.3 Å². The standard InChI is InChI=1S/C12H20.C2H6.CH4/c1-10-4-3-6-12(8-10)7-5-11(2)9-12;1-2;/h11H,1,3-9H2,2H3;1-2H3;1H4/t11-,12-;;/m0../s1. The van der Waals surface area contributed by atoms with Crippen LogP contribution in [0.5, 0.6) is 0 Å². The largest absolute Gasteiger partial charge is 0.0998 e. The fourth-order valence-electron chi connectivity index (χ4n) is 3.30. The lowest BCUT2D eigenvalue weighted by Gasteiger charge is -2.34. The van der Waals surface area contributed by atoms with E-state index in [1.54, 1.807) is 0 Å². The van der Waals surface area contributed by atoms with E-state index in [1.807, 2.05) is 13.8 Å². The average molecular weight is 210 g/mol. The summed E-state index contributed by atoms with van der Waals surface area (Å²) in [5.74, 6) is 0.982. The Hall–Kier alpha value is -0.260. The molecule has 2 aliphatic rings. The molecular formula is C15H30. The van der Waals surface area contributed by atoms with E-state index < -0.39 is 0 Å². The molecule has 0 aromatic carbocycles. The van der Waals surface area contributed by atoms with Crippen molar-refractivity contribution in [1.29, 1.82) is 0 Å². The number of hydrogen-bond acceptors (Lipinski definition) is 0. The highest BCUT2D eigenvalue weighted by Crippen LogP contribution is 2.52. The van der Waals surface area contributed by atoms with Crippen molar-refractivity contribution < 1.29 is 0 Å². The van der Waals surface area contributed by atoms with Gasteiger partial charge < -0.3 is 0 Å². The van der Waals surface area contributed by atoms with Gasteiger partial charge in [0.15, 0.2) is 0 Å². The molecule has 0 radical (unpaired) electrons. The van der Waals surface area contributed by atoms with Crippen molar-refractivity contribution in [3.8, 4) is 0 Å². The summed E-state index contributed by atoms with van der Waals surface area (Å²) in [6.07, 6.45) is 9.96. The van der Waals surface area contributed by atoms with Crippen LogP contribution in [0.4, 0.5) is 0 Å². The monoisotopic (exact) mass is 210 g/mol. The van der Waals surface area contributed by atoms with Crippen LogP contribution >= 0.6 is 0 Å². The predicted octanol–water partition coefficient (Wildman–Crippen LogP) is 5.59. The van der Waals surface area contributed by atoms with Gasteiger partial charge in [0.2, 0.25) is 0 Å². The van der Waals surface area contributed by atoms with Gasteiger partial charge in [0.05, 0.1) is 0 Å². The van der Waals surface area contributed by atoms with E-state index in [1.165, 1.54) is 50.5 Å². The highest BCUT2D eigenvalue weighted by atomic mass is 14.4. The summed E-state index contributed by atoms with van der Waals surface area (Å²) in [5.41, 5.74) is 2.24. The zero-order chi connectivity index (χ0) is 10.6. The summed E-state index contributed by atoms with van der Waals surface area (Å²) in [7, 11) is 0. The van der Waals surface area contributed by atoms with E-state index >= 15 is 0 Å². The lowest BCUT2D eigenvalue weighted by atomic mass is 9.71. The van der Waals surface area contributed by atoms with Gasteiger partial charge >= 0.3 is 0 Å². The fraction of sp³-hybridized carbons (Fsp3) is 0.867. The Balaban J connectivity index is 0.000000617. The van der Waals surface area contributed by atoms with Crippen molar-refractivity contribution in [2.75, 3.05) is 0 Å². The molecule has 0 saturated heterocycles. The topological polar surface area (TPSA) is 0 Å². The molecule has 0 N–H and O–H groups in total. The van der Waals surface area contributed by atoms with E-state index in [0.717, 1.165) is 11.3 Å². The lowest BCUT2D eigenvalue weighted by Crippen LogP contribution is -2.21. The second-order valence-corrected chi connectivity index (χ2v) is 5.13. The van der Waals surface area contributed by atoms with Crippen molar-refractivity contribution in [2.24, 2.45) is 11.3 Å². The zero-order valence-electron chi connectivity index (χ0n) is 10.2. The SMILES string of the molecule is C.C=C1CCC[C@]2(CC[C@H](C)C2)C1.CC. The van der Waals surface area contributed by atoms with Crippen LogP contribution in [0.1, 0.15) is 73.1 Å². The minimum Gasteiger partial charge on any atom is -0.0998 e. The molecule has 2 rings (SSSR count). The molecule has 0 heteroatoms. The van der Waals surface area contributed by atoms with Crippen LogP contribution in [0.2, 0.25) is 0 Å². The molecule has 2 aliphatic carbocycles. The van der Waals surface area contributed by atoms with Gasteiger partial charge in [-0.05, 0) is 49.9 Å². The second kappa shape index (κ2) is 6.35. The number of hydrogen-bond donors (Lipinski definition) is 0. The van der Waals surface area contributed by atoms with E-state index in [9.17, 15) is 0 Å². The van der Waals surface area contributed by atoms with Crippen LogP contribution in [0.15, 0.2) is 12.2 Å². The Morgan fingerprint density at radius 2 is 1.93 bits per heavy atom. The van der Waals surface area contributed by atoms with Gasteiger partial charge in [-0.3, -0.25) is 0 Å². The summed E-state index contributed by atoms with van der Waals surface area (Å²) < 4.78 is 0. The normalized spacial score (nSPS) is 34.3. The summed E-state index contributed by atoms with van der Waals surface area (Å²) in [5, 5.41) is 0. The molecule has 0 heterocycles. The molecule has 2 saturated carbocycles. The summed E-state index contributed by atoms with van der Waals surface area (Å²) in [4.78, 5) is 0. The summed E-state index contributed by atoms with van der Waals surface area (Å²) in [6.45, 7) is 10.6. The van der Waals surface area contributed by atoms with Crippen LogP contribution in [0.25, 0.3) is 0 Å². The van der Waals surface area contributed by atoms with Gasteiger partial charge in [-0.1, -0.05) is 46.8 Å². The maximum atomic E-state index is 4.16. The van der Waals surface area contributed by atoms with Crippen molar-refractivity contribution in [3.05, 3.63) is 12.2 Å². The summed E-state index contributed by atoms with van der Waals surface area (Å²) >= 11 is 0. The maximum absolute atomic E-state index is 4.16. The first kappa shape index (κ1) is 14.7. The van der Waals surface area contributed by atoms with Crippen molar-refractivity contribution in [3.63, 3.8) is 0 Å². The molecule has 90 valence electrons. The van der Waals surface area contributed by atoms with E-state index in [4.69, 9.17) is 0 Å². The zero-order valence-corrected chi connectivity index (χ0v) is 10.2. The van der Waals surface area contributed by atoms with Gasteiger partial charge in [-0.15, -0.1) is 0 Å². The highest BCUT2D eigenvalue weighted by molar-refractivity contribution is 5.06. The van der Waals surface area contributed by atoms with E-state index in [0.29, 0.717) is 0 Å². The van der Waals surface area contributed by atoms with Crippen LogP contribution in [0.3, 0.4) is 0 Å². The number of rotatable bonds is 0. The third-order valence-corrected chi connectivity index (χ3v) is 3.81. The number of allylic oxidation sites excluding steroid dienone is 1. The first-order valence-corrected chi connectivity index (χ1v) is 6.37. The van der Waals surface area contributed by atoms with Gasteiger partial charge in [0, 0.05) is 0 Å². The molecule has 0 aromatic rings. The van der Waals surface area contributed by atoms with Gasteiger partial charge in [-0.25, -0.2) is 0 Å². The molecule has 0 aliphatic heterocycles. The van der Waals surface area contributed by atoms with E-state index in [2.05, 4.69) is 13.5 Å². The van der Waals surface area contributed by atoms with Crippen LogP contribution < -0.4 is 0 Å². The molecule has 0 amide bonds. The Morgan fingerprint density at radius 3 is 2.40 bits per heavy atom. The molecule has 0 nitrogen and oxygen atoms in total. The molecule has 2 atom stereocenters. The van der Waals surface area contributed by atoms with Crippen molar-refractivity contribution in [1.82, 2.24) is 0 Å². The minimum atomic E-state index is 0. The molecule has 1 spiro atoms. The Labute approximate surface area is 97.2 Å². The maximum Gasteiger partial charge on any atom is -0.0258 e. The molecular weight excluding hydrogens is 180 g/mol. The first-order valence-electron chi connectivity index (χ1n) is 6.37. The van der Waals surface area contributed by atoms with Gasteiger partial charge in [0.25, 0.3) is 0 Å². The third kappa shape index (κ3) is 3.66. The molecule has 0 bridgehead atoms. The predicted molar refractivity (Wildman–Crippen MR) is 71.1 cm³/mol. The molecule has 15 heavy (non-hydrogen) atoms. The van der Waals surface area contributed by atoms with Gasteiger partial charge in [-0.2, -0.15) is 0 Å². The third-order valence-electron chi connectivity index (χ3n) is 3.81. The fourth-order valence-corrected chi connectivity index (χ4v) is 3.30. The van der Waals surface area contributed by atoms with Gasteiger partial charge in [0.1, 0.15) is 0 Å². The van der Waals surface area contributed by atoms with E-state index in [-0.39, 0.29) is 7.43 Å². The smallest absolute Gasteiger partial charge is 0.0258 e. The Morgan fingerprint density at radius 1 is 1.27 bits per heavy atom. The second-order valence-electron chi connectivity index (χ2n) is 5.13. The molecule has 0 aromatic heterocycles. The summed E-state index contributed by atoms with van der Waals surface area (Å²) in [6, 6.07) is 0. The Bertz CT molecular complexity index is 188. The highest BCUT2D eigenvalue weighted by Gasteiger charge is 2.38. The van der Waals surface area contributed by atoms with Crippen molar-refractivity contribution in [2.45, 2.75) is 73.1 Å². The van der Waals surface area contributed by atoms with Crippen LogP contribution in [-0.2, 0) is 0 Å². The first-order chi connectivity index (χ1) is 6.70. The quantitative estimate of drug-likeness (QED) is 0.457. The molecule has 0 unspecified atom stereocenters. The lowest BCUT2D eigenvalue weighted by molar-refractivity contribution is 0.227. The minimum absolute atomic E-state index is 0. The van der Waals surface area contributed by atoms with Crippen molar-refractivity contribution >= 4 is 0 Å². The van der Waals surface area contributed by atoms with Crippen LogP contribution in [-0.4, -0.2) is 0 Å². The average Bonchev–Trinajstić information content (AvgIpc) is 2.50.